The minimum atomic E-state index is -1.84. The number of hydrogen-bond donors (Lipinski definition) is 3. The Bertz CT molecular complexity index is 603. The van der Waals surface area contributed by atoms with E-state index in [9.17, 15) is 4.39 Å². The van der Waals surface area contributed by atoms with Crippen molar-refractivity contribution >= 4 is 35.3 Å². The second-order valence-electron chi connectivity index (χ2n) is 3.82. The summed E-state index contributed by atoms with van der Waals surface area (Å²) in [6, 6.07) is 3.96. The summed E-state index contributed by atoms with van der Waals surface area (Å²) in [7, 11) is -1.84. The van der Waals surface area contributed by atoms with Gasteiger partial charge >= 0.3 is 7.12 Å². The Morgan fingerprint density at radius 1 is 1.47 bits per heavy atom. The van der Waals surface area contributed by atoms with Crippen molar-refractivity contribution in [2.75, 3.05) is 5.43 Å². The van der Waals surface area contributed by atoms with Gasteiger partial charge in [-0.15, -0.1) is 11.3 Å². The van der Waals surface area contributed by atoms with Crippen molar-refractivity contribution in [3.63, 3.8) is 0 Å². The van der Waals surface area contributed by atoms with Gasteiger partial charge in [-0.3, -0.25) is 5.43 Å². The highest BCUT2D eigenvalue weighted by atomic mass is 32.1. The molecule has 0 radical (unpaired) electrons. The molecule has 1 heterocycles. The number of halogens is 1. The van der Waals surface area contributed by atoms with E-state index in [0.29, 0.717) is 10.7 Å². The molecule has 0 aliphatic rings. The van der Waals surface area contributed by atoms with E-state index in [1.165, 1.54) is 29.7 Å². The Kier molecular flexibility index (Phi) is 4.25. The van der Waals surface area contributed by atoms with E-state index in [4.69, 9.17) is 10.0 Å². The standard InChI is InChI=1S/C11H11BFN3O2S/c1-7-6-19-11(15-7)16-14-5-8-2-3-10(13)9(4-8)12(17)18/h2-6,17-18H,1H3,(H,15,16). The van der Waals surface area contributed by atoms with Crippen LogP contribution in [0.2, 0.25) is 0 Å². The van der Waals surface area contributed by atoms with Gasteiger partial charge < -0.3 is 10.0 Å². The molecular formula is C11H11BFN3O2S. The second kappa shape index (κ2) is 5.92. The van der Waals surface area contributed by atoms with Crippen LogP contribution in [0.5, 0.6) is 0 Å². The fraction of sp³-hybridized carbons (Fsp3) is 0.0909. The lowest BCUT2D eigenvalue weighted by Crippen LogP contribution is -2.33. The molecule has 0 bridgehead atoms. The van der Waals surface area contributed by atoms with Crippen molar-refractivity contribution in [2.45, 2.75) is 6.92 Å². The molecule has 2 aromatic rings. The number of thiazole rings is 1. The highest BCUT2D eigenvalue weighted by molar-refractivity contribution is 7.13. The minimum Gasteiger partial charge on any atom is -0.423 e. The van der Waals surface area contributed by atoms with Gasteiger partial charge in [-0.1, -0.05) is 12.1 Å². The van der Waals surface area contributed by atoms with Crippen molar-refractivity contribution in [1.82, 2.24) is 4.98 Å². The maximum absolute atomic E-state index is 13.2. The number of anilines is 1. The van der Waals surface area contributed by atoms with E-state index in [-0.39, 0.29) is 5.46 Å². The van der Waals surface area contributed by atoms with Crippen molar-refractivity contribution in [3.8, 4) is 0 Å². The van der Waals surface area contributed by atoms with E-state index in [2.05, 4.69) is 15.5 Å². The van der Waals surface area contributed by atoms with E-state index in [1.807, 2.05) is 12.3 Å². The third-order valence-corrected chi connectivity index (χ3v) is 3.16. The molecule has 1 aromatic carbocycles. The summed E-state index contributed by atoms with van der Waals surface area (Å²) in [5, 5.41) is 24.4. The molecule has 8 heteroatoms. The monoisotopic (exact) mass is 279 g/mol. The summed E-state index contributed by atoms with van der Waals surface area (Å²) in [6.07, 6.45) is 1.45. The molecule has 0 aliphatic carbocycles. The third-order valence-electron chi connectivity index (χ3n) is 2.29. The molecule has 0 spiro atoms. The maximum Gasteiger partial charge on any atom is 0.491 e. The Morgan fingerprint density at radius 3 is 2.89 bits per heavy atom. The molecule has 0 saturated heterocycles. The molecule has 0 unspecified atom stereocenters. The summed E-state index contributed by atoms with van der Waals surface area (Å²) in [4.78, 5) is 4.16. The number of nitrogens with one attached hydrogen (secondary N) is 1. The number of aromatic nitrogens is 1. The fourth-order valence-electron chi connectivity index (χ4n) is 1.41. The normalized spacial score (nSPS) is 10.9. The molecule has 5 nitrogen and oxygen atoms in total. The molecular weight excluding hydrogens is 268 g/mol. The minimum absolute atomic E-state index is 0.186. The topological polar surface area (TPSA) is 77.7 Å². The predicted octanol–water partition coefficient (Wildman–Crippen LogP) is 0.716. The van der Waals surface area contributed by atoms with Crippen LogP contribution in [-0.2, 0) is 0 Å². The Hall–Kier alpha value is -1.77. The summed E-state index contributed by atoms with van der Waals surface area (Å²) in [6.45, 7) is 1.88. The zero-order chi connectivity index (χ0) is 13.8. The molecule has 2 rings (SSSR count). The molecule has 98 valence electrons. The predicted molar refractivity (Wildman–Crippen MR) is 74.3 cm³/mol. The fourth-order valence-corrected chi connectivity index (χ4v) is 2.04. The summed E-state index contributed by atoms with van der Waals surface area (Å²) in [5.74, 6) is -0.671. The second-order valence-corrected chi connectivity index (χ2v) is 4.68. The number of hydrogen-bond acceptors (Lipinski definition) is 6. The zero-order valence-electron chi connectivity index (χ0n) is 10.0. The van der Waals surface area contributed by atoms with Crippen LogP contribution in [-0.4, -0.2) is 28.4 Å². The van der Waals surface area contributed by atoms with Crippen LogP contribution in [0, 0.1) is 12.7 Å². The van der Waals surface area contributed by atoms with Gasteiger partial charge in [0, 0.05) is 10.8 Å². The van der Waals surface area contributed by atoms with E-state index < -0.39 is 12.9 Å². The molecule has 0 saturated carbocycles. The smallest absolute Gasteiger partial charge is 0.423 e. The van der Waals surface area contributed by atoms with Gasteiger partial charge in [0.25, 0.3) is 0 Å². The first-order chi connectivity index (χ1) is 9.06. The van der Waals surface area contributed by atoms with Crippen LogP contribution in [0.3, 0.4) is 0 Å². The highest BCUT2D eigenvalue weighted by Crippen LogP contribution is 2.13. The molecule has 1 aromatic heterocycles. The van der Waals surface area contributed by atoms with Crippen LogP contribution in [0.25, 0.3) is 0 Å². The lowest BCUT2D eigenvalue weighted by atomic mass is 9.79. The van der Waals surface area contributed by atoms with Crippen LogP contribution < -0.4 is 10.9 Å². The quantitative estimate of drug-likeness (QED) is 0.438. The molecule has 0 aliphatic heterocycles. The van der Waals surface area contributed by atoms with Gasteiger partial charge in [-0.2, -0.15) is 5.10 Å². The van der Waals surface area contributed by atoms with Crippen molar-refractivity contribution in [2.24, 2.45) is 5.10 Å². The highest BCUT2D eigenvalue weighted by Gasteiger charge is 2.16. The maximum atomic E-state index is 13.2. The largest absolute Gasteiger partial charge is 0.491 e. The first-order valence-corrected chi connectivity index (χ1v) is 6.31. The van der Waals surface area contributed by atoms with Gasteiger partial charge in [0.2, 0.25) is 5.13 Å². The van der Waals surface area contributed by atoms with E-state index in [1.54, 1.807) is 0 Å². The van der Waals surface area contributed by atoms with Crippen LogP contribution in [0.4, 0.5) is 9.52 Å². The average Bonchev–Trinajstić information content (AvgIpc) is 2.77. The molecule has 19 heavy (non-hydrogen) atoms. The van der Waals surface area contributed by atoms with Gasteiger partial charge in [0.15, 0.2) is 0 Å². The lowest BCUT2D eigenvalue weighted by molar-refractivity contribution is 0.423. The van der Waals surface area contributed by atoms with Crippen molar-refractivity contribution < 1.29 is 14.4 Å². The van der Waals surface area contributed by atoms with Crippen molar-refractivity contribution in [3.05, 3.63) is 40.7 Å². The first kappa shape index (κ1) is 13.7. The molecule has 0 atom stereocenters. The number of rotatable bonds is 4. The first-order valence-electron chi connectivity index (χ1n) is 5.43. The zero-order valence-corrected chi connectivity index (χ0v) is 10.9. The lowest BCUT2D eigenvalue weighted by Gasteiger charge is -2.02. The molecule has 3 N–H and O–H groups in total. The SMILES string of the molecule is Cc1csc(NN=Cc2ccc(F)c(B(O)O)c2)n1. The van der Waals surface area contributed by atoms with Gasteiger partial charge in [0.1, 0.15) is 5.82 Å². The Labute approximate surface area is 113 Å². The molecule has 0 amide bonds. The number of nitrogens with zero attached hydrogens (tertiary/aromatic N) is 2. The Morgan fingerprint density at radius 2 is 2.26 bits per heavy atom. The number of hydrazone groups is 1. The summed E-state index contributed by atoms with van der Waals surface area (Å²) < 4.78 is 13.2. The third kappa shape index (κ3) is 3.60. The van der Waals surface area contributed by atoms with Crippen molar-refractivity contribution in [1.29, 1.82) is 0 Å². The molecule has 0 fully saturated rings. The van der Waals surface area contributed by atoms with Gasteiger partial charge in [0.05, 0.1) is 11.9 Å². The Balaban J connectivity index is 2.08. The van der Waals surface area contributed by atoms with E-state index >= 15 is 0 Å². The van der Waals surface area contributed by atoms with Crippen LogP contribution in [0.1, 0.15) is 11.3 Å². The summed E-state index contributed by atoms with van der Waals surface area (Å²) >= 11 is 1.42. The summed E-state index contributed by atoms with van der Waals surface area (Å²) in [5.41, 5.74) is 3.99. The average molecular weight is 279 g/mol. The van der Waals surface area contributed by atoms with Crippen LogP contribution >= 0.6 is 11.3 Å². The van der Waals surface area contributed by atoms with Gasteiger partial charge in [-0.25, -0.2) is 9.37 Å². The number of benzene rings is 1. The van der Waals surface area contributed by atoms with E-state index in [0.717, 1.165) is 11.8 Å². The van der Waals surface area contributed by atoms with Gasteiger partial charge in [-0.05, 0) is 18.6 Å². The van der Waals surface area contributed by atoms with Crippen LogP contribution in [0.15, 0.2) is 28.7 Å². The number of aryl methyl sites for hydroxylation is 1.